The number of ether oxygens (including phenoxy) is 2. The average Bonchev–Trinajstić information content (AvgIpc) is 2.65. The number of halogens is 2. The molecule has 0 spiro atoms. The number of piperazine rings is 1. The minimum atomic E-state index is -0.526. The number of benzene rings is 1. The molecule has 0 radical (unpaired) electrons. The maximum absolute atomic E-state index is 14.6. The van der Waals surface area contributed by atoms with E-state index in [1.807, 2.05) is 31.7 Å². The summed E-state index contributed by atoms with van der Waals surface area (Å²) in [7, 11) is 1.61. The van der Waals surface area contributed by atoms with Crippen LogP contribution in [0.25, 0.3) is 0 Å². The van der Waals surface area contributed by atoms with Gasteiger partial charge in [0.25, 0.3) is 0 Å². The van der Waals surface area contributed by atoms with Crippen molar-refractivity contribution in [2.45, 2.75) is 32.9 Å². The molecule has 30 heavy (non-hydrogen) atoms. The van der Waals surface area contributed by atoms with E-state index in [0.29, 0.717) is 51.0 Å². The molecule has 0 aromatic heterocycles. The summed E-state index contributed by atoms with van der Waals surface area (Å²) in [6, 6.07) is 5.06. The molecule has 1 heterocycles. The van der Waals surface area contributed by atoms with Gasteiger partial charge in [0.05, 0.1) is 18.8 Å². The predicted octanol–water partition coefficient (Wildman–Crippen LogP) is 2.55. The van der Waals surface area contributed by atoms with Gasteiger partial charge in [-0.1, -0.05) is 6.07 Å². The molecule has 1 aromatic carbocycles. The summed E-state index contributed by atoms with van der Waals surface area (Å²) in [6.45, 7) is 8.97. The van der Waals surface area contributed by atoms with Crippen LogP contribution in [0.4, 0.5) is 14.9 Å². The van der Waals surface area contributed by atoms with Gasteiger partial charge in [-0.25, -0.2) is 14.2 Å². The maximum atomic E-state index is 14.6. The third-order valence-electron chi connectivity index (χ3n) is 4.33. The zero-order chi connectivity index (χ0) is 21.4. The van der Waals surface area contributed by atoms with Gasteiger partial charge in [-0.15, -0.1) is 24.0 Å². The molecule has 10 heteroatoms. The molecule has 170 valence electrons. The lowest BCUT2D eigenvalue weighted by Gasteiger charge is -2.36. The van der Waals surface area contributed by atoms with Gasteiger partial charge in [0.15, 0.2) is 5.96 Å². The molecule has 0 aliphatic carbocycles. The number of methoxy groups -OCH3 is 1. The SMILES string of the molecule is COCCNC(N)=NCc1ccc(N2CCN(C(=O)OC(C)(C)C)CC2)c(F)c1.I. The molecule has 0 bridgehead atoms. The Balaban J connectivity index is 0.00000450. The zero-order valence-corrected chi connectivity index (χ0v) is 20.4. The average molecular weight is 537 g/mol. The van der Waals surface area contributed by atoms with E-state index in [-0.39, 0.29) is 42.4 Å². The van der Waals surface area contributed by atoms with E-state index in [0.717, 1.165) is 5.56 Å². The van der Waals surface area contributed by atoms with Gasteiger partial charge in [-0.05, 0) is 38.5 Å². The number of nitrogens with two attached hydrogens (primary N) is 1. The van der Waals surface area contributed by atoms with Crippen molar-refractivity contribution in [3.63, 3.8) is 0 Å². The molecule has 1 aliphatic heterocycles. The molecule has 0 atom stereocenters. The lowest BCUT2D eigenvalue weighted by atomic mass is 10.1. The Kier molecular flexibility index (Phi) is 10.6. The van der Waals surface area contributed by atoms with Gasteiger partial charge in [-0.2, -0.15) is 0 Å². The van der Waals surface area contributed by atoms with Crippen molar-refractivity contribution in [1.82, 2.24) is 10.2 Å². The molecule has 1 fully saturated rings. The smallest absolute Gasteiger partial charge is 0.410 e. The quantitative estimate of drug-likeness (QED) is 0.251. The fourth-order valence-electron chi connectivity index (χ4n) is 2.88. The van der Waals surface area contributed by atoms with Crippen LogP contribution in [0.1, 0.15) is 26.3 Å². The van der Waals surface area contributed by atoms with Crippen LogP contribution in [0.2, 0.25) is 0 Å². The lowest BCUT2D eigenvalue weighted by molar-refractivity contribution is 0.0240. The number of hydrogen-bond donors (Lipinski definition) is 2. The number of aliphatic imine (C=N–C) groups is 1. The highest BCUT2D eigenvalue weighted by atomic mass is 127. The Labute approximate surface area is 195 Å². The summed E-state index contributed by atoms with van der Waals surface area (Å²) >= 11 is 0. The summed E-state index contributed by atoms with van der Waals surface area (Å²) in [6.07, 6.45) is -0.331. The zero-order valence-electron chi connectivity index (χ0n) is 18.1. The van der Waals surface area contributed by atoms with Crippen LogP contribution in [0.3, 0.4) is 0 Å². The third-order valence-corrected chi connectivity index (χ3v) is 4.33. The van der Waals surface area contributed by atoms with E-state index >= 15 is 0 Å². The first kappa shape index (κ1) is 26.2. The van der Waals surface area contributed by atoms with Crippen LogP contribution < -0.4 is 16.0 Å². The fraction of sp³-hybridized carbons (Fsp3) is 0.600. The normalized spacial score (nSPS) is 14.9. The van der Waals surface area contributed by atoms with Crippen molar-refractivity contribution >= 4 is 41.7 Å². The minimum absolute atomic E-state index is 0. The number of carbonyl (C=O) groups excluding carboxylic acids is 1. The Morgan fingerprint density at radius 1 is 1.27 bits per heavy atom. The molecule has 8 nitrogen and oxygen atoms in total. The van der Waals surface area contributed by atoms with Gasteiger partial charge in [-0.3, -0.25) is 0 Å². The lowest BCUT2D eigenvalue weighted by Crippen LogP contribution is -2.50. The highest BCUT2D eigenvalue weighted by Crippen LogP contribution is 2.23. The number of carbonyl (C=O) groups is 1. The Bertz CT molecular complexity index is 719. The van der Waals surface area contributed by atoms with E-state index in [9.17, 15) is 9.18 Å². The number of amides is 1. The number of rotatable bonds is 6. The maximum Gasteiger partial charge on any atom is 0.410 e. The summed E-state index contributed by atoms with van der Waals surface area (Å²) in [5.74, 6) is -0.0147. The highest BCUT2D eigenvalue weighted by molar-refractivity contribution is 14.0. The molecular formula is C20H33FIN5O3. The molecule has 1 saturated heterocycles. The summed E-state index contributed by atoms with van der Waals surface area (Å²) < 4.78 is 24.9. The molecule has 1 aromatic rings. The molecule has 0 saturated carbocycles. The van der Waals surface area contributed by atoms with Crippen molar-refractivity contribution < 1.29 is 18.7 Å². The van der Waals surface area contributed by atoms with Crippen molar-refractivity contribution in [2.75, 3.05) is 51.3 Å². The number of nitrogens with one attached hydrogen (secondary N) is 1. The second-order valence-corrected chi connectivity index (χ2v) is 7.86. The van der Waals surface area contributed by atoms with Crippen LogP contribution >= 0.6 is 24.0 Å². The van der Waals surface area contributed by atoms with Gasteiger partial charge in [0.2, 0.25) is 0 Å². The summed E-state index contributed by atoms with van der Waals surface area (Å²) in [5.41, 5.74) is 6.49. The third kappa shape index (κ3) is 8.50. The molecular weight excluding hydrogens is 504 g/mol. The first-order valence-corrected chi connectivity index (χ1v) is 9.73. The van der Waals surface area contributed by atoms with Gasteiger partial charge < -0.3 is 30.3 Å². The Morgan fingerprint density at radius 3 is 2.50 bits per heavy atom. The van der Waals surface area contributed by atoms with Crippen LogP contribution in [0, 0.1) is 5.82 Å². The van der Waals surface area contributed by atoms with Crippen molar-refractivity contribution in [2.24, 2.45) is 10.7 Å². The van der Waals surface area contributed by atoms with Crippen molar-refractivity contribution in [3.8, 4) is 0 Å². The van der Waals surface area contributed by atoms with E-state index < -0.39 is 5.60 Å². The largest absolute Gasteiger partial charge is 0.444 e. The Morgan fingerprint density at radius 2 is 1.93 bits per heavy atom. The van der Waals surface area contributed by atoms with Crippen LogP contribution in [-0.4, -0.2) is 69.0 Å². The first-order chi connectivity index (χ1) is 13.7. The van der Waals surface area contributed by atoms with Gasteiger partial charge in [0, 0.05) is 39.8 Å². The fourth-order valence-corrected chi connectivity index (χ4v) is 2.88. The summed E-state index contributed by atoms with van der Waals surface area (Å²) in [4.78, 5) is 19.9. The molecule has 2 rings (SSSR count). The second-order valence-electron chi connectivity index (χ2n) is 7.86. The number of guanidine groups is 1. The first-order valence-electron chi connectivity index (χ1n) is 9.73. The second kappa shape index (κ2) is 12.1. The molecule has 1 aliphatic rings. The van der Waals surface area contributed by atoms with E-state index in [2.05, 4.69) is 10.3 Å². The van der Waals surface area contributed by atoms with Crippen molar-refractivity contribution in [3.05, 3.63) is 29.6 Å². The van der Waals surface area contributed by atoms with E-state index in [4.69, 9.17) is 15.2 Å². The van der Waals surface area contributed by atoms with Crippen LogP contribution in [0.15, 0.2) is 23.2 Å². The minimum Gasteiger partial charge on any atom is -0.444 e. The summed E-state index contributed by atoms with van der Waals surface area (Å²) in [5, 5.41) is 2.92. The number of nitrogens with zero attached hydrogens (tertiary/aromatic N) is 3. The topological polar surface area (TPSA) is 92.4 Å². The number of hydrogen-bond acceptors (Lipinski definition) is 5. The Hall–Kier alpha value is -1.82. The van der Waals surface area contributed by atoms with Crippen LogP contribution in [-0.2, 0) is 16.0 Å². The standard InChI is InChI=1S/C20H32FN5O3.HI/c1-20(2,3)29-19(27)26-10-8-25(9-11-26)17-6-5-15(13-16(17)21)14-24-18(22)23-7-12-28-4;/h5-6,13H,7-12,14H2,1-4H3,(H3,22,23,24);1H. The van der Waals surface area contributed by atoms with E-state index in [1.165, 1.54) is 6.07 Å². The number of anilines is 1. The van der Waals surface area contributed by atoms with Gasteiger partial charge >= 0.3 is 6.09 Å². The monoisotopic (exact) mass is 537 g/mol. The van der Waals surface area contributed by atoms with Gasteiger partial charge in [0.1, 0.15) is 11.4 Å². The predicted molar refractivity (Wildman–Crippen MR) is 127 cm³/mol. The molecule has 0 unspecified atom stereocenters. The molecule has 1 amide bonds. The highest BCUT2D eigenvalue weighted by Gasteiger charge is 2.26. The van der Waals surface area contributed by atoms with Crippen LogP contribution in [0.5, 0.6) is 0 Å². The van der Waals surface area contributed by atoms with E-state index in [1.54, 1.807) is 18.1 Å². The van der Waals surface area contributed by atoms with Crippen molar-refractivity contribution in [1.29, 1.82) is 0 Å². The molecule has 3 N–H and O–H groups in total.